The van der Waals surface area contributed by atoms with E-state index in [4.69, 9.17) is 21.3 Å². The number of hydrogen-bond acceptors (Lipinski definition) is 3. The number of benzene rings is 3. The van der Waals surface area contributed by atoms with Crippen molar-refractivity contribution in [3.63, 3.8) is 0 Å². The standard InChI is InChI=1S/C28H30ClN3O2/c1-21-9-4-7-12-26(21)34-20-19-32-25-11-6-5-10-24(25)31-27(32)13-3-2-8-18-30-28(33)22-14-16-23(29)17-15-22/h4-7,9-12,14-17H,2-3,8,13,18-20H2,1H3,(H,30,33). The van der Waals surface area contributed by atoms with Gasteiger partial charge in [0.1, 0.15) is 18.2 Å². The van der Waals surface area contributed by atoms with Crippen LogP contribution in [0.4, 0.5) is 0 Å². The van der Waals surface area contributed by atoms with Crippen molar-refractivity contribution in [3.8, 4) is 5.75 Å². The first-order chi connectivity index (χ1) is 16.6. The van der Waals surface area contributed by atoms with Gasteiger partial charge in [-0.1, -0.05) is 48.4 Å². The number of hydrogen-bond donors (Lipinski definition) is 1. The molecule has 0 unspecified atom stereocenters. The van der Waals surface area contributed by atoms with Gasteiger partial charge >= 0.3 is 0 Å². The van der Waals surface area contributed by atoms with E-state index in [1.54, 1.807) is 24.3 Å². The van der Waals surface area contributed by atoms with E-state index < -0.39 is 0 Å². The monoisotopic (exact) mass is 475 g/mol. The molecule has 1 aromatic heterocycles. The van der Waals surface area contributed by atoms with Crippen molar-refractivity contribution in [2.24, 2.45) is 0 Å². The summed E-state index contributed by atoms with van der Waals surface area (Å²) in [7, 11) is 0. The summed E-state index contributed by atoms with van der Waals surface area (Å²) in [6.45, 7) is 4.06. The topological polar surface area (TPSA) is 56.1 Å². The van der Waals surface area contributed by atoms with Crippen LogP contribution in [0.15, 0.2) is 72.8 Å². The highest BCUT2D eigenvalue weighted by molar-refractivity contribution is 6.30. The van der Waals surface area contributed by atoms with Crippen LogP contribution in [0.5, 0.6) is 5.75 Å². The van der Waals surface area contributed by atoms with Crippen molar-refractivity contribution in [1.82, 2.24) is 14.9 Å². The number of ether oxygens (including phenoxy) is 1. The van der Waals surface area contributed by atoms with Gasteiger partial charge < -0.3 is 14.6 Å². The van der Waals surface area contributed by atoms with E-state index in [1.165, 1.54) is 0 Å². The molecule has 1 N–H and O–H groups in total. The number of aryl methyl sites for hydroxylation is 2. The first kappa shape index (κ1) is 23.8. The Hall–Kier alpha value is -3.31. The van der Waals surface area contributed by atoms with Gasteiger partial charge in [0.25, 0.3) is 5.91 Å². The SMILES string of the molecule is Cc1ccccc1OCCn1c(CCCCCNC(=O)c2ccc(Cl)cc2)nc2ccccc21. The zero-order chi connectivity index (χ0) is 23.8. The lowest BCUT2D eigenvalue weighted by atomic mass is 10.1. The Kier molecular flexibility index (Phi) is 8.21. The maximum atomic E-state index is 12.2. The first-order valence-corrected chi connectivity index (χ1v) is 12.2. The first-order valence-electron chi connectivity index (χ1n) is 11.8. The van der Waals surface area contributed by atoms with Crippen molar-refractivity contribution in [3.05, 3.63) is 94.8 Å². The predicted molar refractivity (Wildman–Crippen MR) is 138 cm³/mol. The van der Waals surface area contributed by atoms with Crippen LogP contribution >= 0.6 is 11.6 Å². The van der Waals surface area contributed by atoms with Crippen molar-refractivity contribution < 1.29 is 9.53 Å². The number of para-hydroxylation sites is 3. The molecule has 0 saturated heterocycles. The zero-order valence-electron chi connectivity index (χ0n) is 19.5. The molecule has 0 atom stereocenters. The summed E-state index contributed by atoms with van der Waals surface area (Å²) in [6, 6.07) is 23.3. The number of fused-ring (bicyclic) bond motifs is 1. The molecule has 1 heterocycles. The quantitative estimate of drug-likeness (QED) is 0.262. The molecule has 4 rings (SSSR count). The minimum absolute atomic E-state index is 0.0629. The molecule has 34 heavy (non-hydrogen) atoms. The Bertz CT molecular complexity index is 1230. The van der Waals surface area contributed by atoms with Crippen LogP contribution < -0.4 is 10.1 Å². The molecule has 0 aliphatic rings. The fourth-order valence-corrected chi connectivity index (χ4v) is 4.15. The molecule has 4 aromatic rings. The van der Waals surface area contributed by atoms with E-state index >= 15 is 0 Å². The van der Waals surface area contributed by atoms with Gasteiger partial charge in [-0.25, -0.2) is 4.98 Å². The third-order valence-corrected chi connectivity index (χ3v) is 6.12. The molecule has 0 saturated carbocycles. The smallest absolute Gasteiger partial charge is 0.251 e. The minimum atomic E-state index is -0.0629. The van der Waals surface area contributed by atoms with Gasteiger partial charge in [-0.05, 0) is 67.8 Å². The lowest BCUT2D eigenvalue weighted by Crippen LogP contribution is -2.24. The number of unbranched alkanes of at least 4 members (excludes halogenated alkanes) is 2. The molecule has 0 spiro atoms. The highest BCUT2D eigenvalue weighted by atomic mass is 35.5. The Morgan fingerprint density at radius 2 is 1.74 bits per heavy atom. The molecule has 3 aromatic carbocycles. The van der Waals surface area contributed by atoms with Gasteiger partial charge in [-0.3, -0.25) is 4.79 Å². The lowest BCUT2D eigenvalue weighted by molar-refractivity contribution is 0.0953. The van der Waals surface area contributed by atoms with Gasteiger partial charge in [-0.15, -0.1) is 0 Å². The van der Waals surface area contributed by atoms with E-state index in [1.807, 2.05) is 24.3 Å². The number of imidazole rings is 1. The average molecular weight is 476 g/mol. The Labute approximate surface area is 205 Å². The summed E-state index contributed by atoms with van der Waals surface area (Å²) in [5.74, 6) is 1.95. The van der Waals surface area contributed by atoms with Gasteiger partial charge in [0.05, 0.1) is 17.6 Å². The fourth-order valence-electron chi connectivity index (χ4n) is 4.02. The van der Waals surface area contributed by atoms with Crippen LogP contribution in [0.3, 0.4) is 0 Å². The molecule has 5 nitrogen and oxygen atoms in total. The number of nitrogens with one attached hydrogen (secondary N) is 1. The van der Waals surface area contributed by atoms with Crippen LogP contribution in [0, 0.1) is 6.92 Å². The molecule has 0 aliphatic carbocycles. The van der Waals surface area contributed by atoms with Crippen molar-refractivity contribution >= 4 is 28.5 Å². The maximum absolute atomic E-state index is 12.2. The number of aromatic nitrogens is 2. The van der Waals surface area contributed by atoms with Gasteiger partial charge in [-0.2, -0.15) is 0 Å². The summed E-state index contributed by atoms with van der Waals surface area (Å²) in [4.78, 5) is 17.1. The number of rotatable bonds is 11. The number of carbonyl (C=O) groups excluding carboxylic acids is 1. The second-order valence-electron chi connectivity index (χ2n) is 8.36. The van der Waals surface area contributed by atoms with Crippen molar-refractivity contribution in [2.75, 3.05) is 13.2 Å². The van der Waals surface area contributed by atoms with Gasteiger partial charge in [0, 0.05) is 23.6 Å². The van der Waals surface area contributed by atoms with Crippen molar-refractivity contribution in [1.29, 1.82) is 0 Å². The van der Waals surface area contributed by atoms with Gasteiger partial charge in [0.2, 0.25) is 0 Å². The van der Waals surface area contributed by atoms with E-state index in [2.05, 4.69) is 41.1 Å². The average Bonchev–Trinajstić information content (AvgIpc) is 3.20. The molecule has 0 bridgehead atoms. The number of amides is 1. The van der Waals surface area contributed by atoms with E-state index in [0.29, 0.717) is 23.7 Å². The normalized spacial score (nSPS) is 11.0. The second kappa shape index (κ2) is 11.7. The summed E-state index contributed by atoms with van der Waals surface area (Å²) in [5.41, 5.74) is 3.93. The highest BCUT2D eigenvalue weighted by Gasteiger charge is 2.11. The molecule has 0 radical (unpaired) electrons. The second-order valence-corrected chi connectivity index (χ2v) is 8.79. The van der Waals surface area contributed by atoms with Crippen LogP contribution in [-0.2, 0) is 13.0 Å². The summed E-state index contributed by atoms with van der Waals surface area (Å²) in [5, 5.41) is 3.61. The third-order valence-electron chi connectivity index (χ3n) is 5.87. The van der Waals surface area contributed by atoms with Crippen LogP contribution in [0.25, 0.3) is 11.0 Å². The summed E-state index contributed by atoms with van der Waals surface area (Å²) < 4.78 is 8.31. The largest absolute Gasteiger partial charge is 0.491 e. The molecule has 0 aliphatic heterocycles. The van der Waals surface area contributed by atoms with Crippen molar-refractivity contribution in [2.45, 2.75) is 39.2 Å². The van der Waals surface area contributed by atoms with E-state index in [-0.39, 0.29) is 5.91 Å². The van der Waals surface area contributed by atoms with Crippen LogP contribution in [0.1, 0.15) is 41.0 Å². The Morgan fingerprint density at radius 3 is 2.56 bits per heavy atom. The summed E-state index contributed by atoms with van der Waals surface area (Å²) in [6.07, 6.45) is 3.85. The number of carbonyl (C=O) groups is 1. The molecule has 0 fully saturated rings. The summed E-state index contributed by atoms with van der Waals surface area (Å²) >= 11 is 5.88. The van der Waals surface area contributed by atoms with Crippen LogP contribution in [-0.4, -0.2) is 28.6 Å². The Morgan fingerprint density at radius 1 is 0.971 bits per heavy atom. The minimum Gasteiger partial charge on any atom is -0.491 e. The molecule has 1 amide bonds. The maximum Gasteiger partial charge on any atom is 0.251 e. The number of nitrogens with zero attached hydrogens (tertiary/aromatic N) is 2. The molecular formula is C28H30ClN3O2. The lowest BCUT2D eigenvalue weighted by Gasteiger charge is -2.12. The zero-order valence-corrected chi connectivity index (χ0v) is 20.2. The van der Waals surface area contributed by atoms with Crippen LogP contribution in [0.2, 0.25) is 5.02 Å². The highest BCUT2D eigenvalue weighted by Crippen LogP contribution is 2.20. The third kappa shape index (κ3) is 6.17. The Balaban J connectivity index is 1.27. The molecular weight excluding hydrogens is 446 g/mol. The molecule has 176 valence electrons. The van der Waals surface area contributed by atoms with E-state index in [0.717, 1.165) is 60.4 Å². The van der Waals surface area contributed by atoms with Gasteiger partial charge in [0.15, 0.2) is 0 Å². The number of halogens is 1. The fraction of sp³-hybridized carbons (Fsp3) is 0.286. The predicted octanol–water partition coefficient (Wildman–Crippen LogP) is 6.22. The molecule has 6 heteroatoms. The van der Waals surface area contributed by atoms with E-state index in [9.17, 15) is 4.79 Å².